The molecule has 0 atom stereocenters. The van der Waals surface area contributed by atoms with Crippen molar-refractivity contribution in [2.75, 3.05) is 0 Å². The van der Waals surface area contributed by atoms with Crippen molar-refractivity contribution in [3.8, 4) is 0 Å². The highest BCUT2D eigenvalue weighted by molar-refractivity contribution is 5.85. The van der Waals surface area contributed by atoms with Gasteiger partial charge in [-0.1, -0.05) is 154 Å². The zero-order valence-electron chi connectivity index (χ0n) is 31.8. The number of carboxylic acids is 2. The molecule has 1 aliphatic heterocycles. The van der Waals surface area contributed by atoms with Gasteiger partial charge in [-0.3, -0.25) is 28.8 Å². The Morgan fingerprint density at radius 3 is 0.860 bits per heavy atom. The summed E-state index contributed by atoms with van der Waals surface area (Å²) in [5.41, 5.74) is 0. The Labute approximate surface area is 303 Å². The van der Waals surface area contributed by atoms with Gasteiger partial charge in [0.2, 0.25) is 0 Å². The van der Waals surface area contributed by atoms with Gasteiger partial charge in [0.05, 0.1) is 0 Å². The summed E-state index contributed by atoms with van der Waals surface area (Å²) in [6.45, 7) is 2.36. The Kier molecular flexibility index (Phi) is 38.5. The van der Waals surface area contributed by atoms with Crippen LogP contribution in [0.3, 0.4) is 0 Å². The summed E-state index contributed by atoms with van der Waals surface area (Å²) >= 11 is 0. The number of unbranched alkanes of at least 4 members (excludes halogenated alkanes) is 13. The summed E-state index contributed by atoms with van der Waals surface area (Å²) in [4.78, 5) is 63.3. The van der Waals surface area contributed by atoms with Crippen molar-refractivity contribution in [3.63, 3.8) is 0 Å². The molecule has 10 heteroatoms. The second kappa shape index (κ2) is 39.0. The molecule has 1 rings (SSSR count). The average Bonchev–Trinajstić information content (AvgIpc) is 3.03. The van der Waals surface area contributed by atoms with Gasteiger partial charge in [-0.15, -0.1) is 0 Å². The van der Waals surface area contributed by atoms with E-state index in [-0.39, 0.29) is 11.9 Å². The van der Waals surface area contributed by atoms with Crippen LogP contribution in [-0.4, -0.2) is 46.0 Å². The average molecular weight is 713 g/mol. The van der Waals surface area contributed by atoms with E-state index in [0.29, 0.717) is 25.7 Å². The molecule has 0 amide bonds. The van der Waals surface area contributed by atoms with Gasteiger partial charge in [0, 0.05) is 39.5 Å². The first-order valence-corrected chi connectivity index (χ1v) is 19.9. The Hall–Kier alpha value is -2.78. The first-order chi connectivity index (χ1) is 24.0. The smallest absolute Gasteiger partial charge is 0.313 e. The first-order valence-electron chi connectivity index (χ1n) is 19.9. The SMILES string of the molecule is CC(=O)OC(C)=O.O=C(O)CCCCCCCCCCCCCCCCC(=O)O.O=C1CCCCCCCCCCCCCCCCC(=O)O1. The second-order valence-electron chi connectivity index (χ2n) is 13.6. The molecule has 1 heterocycles. The third-order valence-electron chi connectivity index (χ3n) is 8.56. The predicted octanol–water partition coefficient (Wildman–Crippen LogP) is 10.8. The van der Waals surface area contributed by atoms with Crippen molar-refractivity contribution in [2.24, 2.45) is 0 Å². The van der Waals surface area contributed by atoms with E-state index < -0.39 is 23.9 Å². The maximum absolute atomic E-state index is 11.5. The normalized spacial score (nSPS) is 15.3. The summed E-state index contributed by atoms with van der Waals surface area (Å²) in [6.07, 6.45) is 34.7. The number of esters is 4. The van der Waals surface area contributed by atoms with E-state index >= 15 is 0 Å². The molecule has 292 valence electrons. The van der Waals surface area contributed by atoms with Crippen molar-refractivity contribution in [2.45, 2.75) is 219 Å². The first kappa shape index (κ1) is 49.3. The van der Waals surface area contributed by atoms with Crippen LogP contribution in [0.5, 0.6) is 0 Å². The van der Waals surface area contributed by atoms with Crippen LogP contribution in [0.4, 0.5) is 0 Å². The number of carbonyl (C=O) groups excluding carboxylic acids is 4. The van der Waals surface area contributed by atoms with Gasteiger partial charge in [0.15, 0.2) is 0 Å². The minimum Gasteiger partial charge on any atom is -0.481 e. The molecule has 0 bridgehead atoms. The maximum atomic E-state index is 11.5. The number of hydrogen-bond acceptors (Lipinski definition) is 8. The molecule has 50 heavy (non-hydrogen) atoms. The molecular formula is C40H72O10. The van der Waals surface area contributed by atoms with Crippen LogP contribution in [0.2, 0.25) is 0 Å². The van der Waals surface area contributed by atoms with E-state index in [1.165, 1.54) is 142 Å². The van der Waals surface area contributed by atoms with E-state index in [2.05, 4.69) is 4.74 Å². The highest BCUT2D eigenvalue weighted by atomic mass is 16.6. The largest absolute Gasteiger partial charge is 0.481 e. The van der Waals surface area contributed by atoms with Gasteiger partial charge in [-0.2, -0.15) is 0 Å². The summed E-state index contributed by atoms with van der Waals surface area (Å²) in [5, 5.41) is 17.0. The fourth-order valence-corrected chi connectivity index (χ4v) is 5.77. The number of ether oxygens (including phenoxy) is 2. The molecule has 0 aromatic rings. The predicted molar refractivity (Wildman–Crippen MR) is 197 cm³/mol. The minimum atomic E-state index is -0.679. The second-order valence-corrected chi connectivity index (χ2v) is 13.6. The quantitative estimate of drug-likeness (QED) is 0.0843. The Bertz CT molecular complexity index is 802. The zero-order chi connectivity index (χ0) is 37.5. The molecular weight excluding hydrogens is 640 g/mol. The lowest BCUT2D eigenvalue weighted by atomic mass is 10.0. The van der Waals surface area contributed by atoms with Crippen molar-refractivity contribution in [1.82, 2.24) is 0 Å². The number of cyclic esters (lactones) is 2. The van der Waals surface area contributed by atoms with E-state index in [1.807, 2.05) is 0 Å². The van der Waals surface area contributed by atoms with E-state index in [9.17, 15) is 28.8 Å². The molecule has 1 aliphatic rings. The lowest BCUT2D eigenvalue weighted by Gasteiger charge is -2.03. The summed E-state index contributed by atoms with van der Waals surface area (Å²) in [7, 11) is 0. The number of aliphatic carboxylic acids is 2. The van der Waals surface area contributed by atoms with Gasteiger partial charge in [0.25, 0.3) is 0 Å². The van der Waals surface area contributed by atoms with Crippen LogP contribution in [-0.2, 0) is 38.2 Å². The zero-order valence-corrected chi connectivity index (χ0v) is 31.8. The van der Waals surface area contributed by atoms with Gasteiger partial charge in [-0.25, -0.2) is 0 Å². The standard InChI is InChI=1S/C18H34O4.C18H32O3.C4H6O3/c19-17(20)15-13-11-9-7-5-3-1-2-4-6-8-10-12-14-16-18(21)22;19-17-15-13-11-9-7-5-3-1-2-4-6-8-10-12-14-16-18(20)21-17;1-3(5)7-4(2)6/h1-16H2,(H,19,20)(H,21,22);1-16H2;1-2H3. The Morgan fingerprint density at radius 1 is 0.440 bits per heavy atom. The Balaban J connectivity index is 0. The molecule has 1 fully saturated rings. The van der Waals surface area contributed by atoms with Crippen LogP contribution >= 0.6 is 0 Å². The number of rotatable bonds is 17. The van der Waals surface area contributed by atoms with Gasteiger partial charge in [-0.05, 0) is 25.7 Å². The van der Waals surface area contributed by atoms with Crippen molar-refractivity contribution < 1.29 is 48.5 Å². The molecule has 10 nitrogen and oxygen atoms in total. The monoisotopic (exact) mass is 713 g/mol. The Morgan fingerprint density at radius 2 is 0.660 bits per heavy atom. The molecule has 0 spiro atoms. The summed E-state index contributed by atoms with van der Waals surface area (Å²) < 4.78 is 8.81. The van der Waals surface area contributed by atoms with E-state index in [1.54, 1.807) is 0 Å². The lowest BCUT2D eigenvalue weighted by molar-refractivity contribution is -0.160. The van der Waals surface area contributed by atoms with E-state index in [0.717, 1.165) is 51.4 Å². The molecule has 0 radical (unpaired) electrons. The van der Waals surface area contributed by atoms with Crippen molar-refractivity contribution in [1.29, 1.82) is 0 Å². The van der Waals surface area contributed by atoms with Crippen LogP contribution < -0.4 is 0 Å². The van der Waals surface area contributed by atoms with Crippen LogP contribution in [0, 0.1) is 0 Å². The molecule has 1 saturated heterocycles. The van der Waals surface area contributed by atoms with Crippen LogP contribution in [0.15, 0.2) is 0 Å². The van der Waals surface area contributed by atoms with E-state index in [4.69, 9.17) is 14.9 Å². The third-order valence-corrected chi connectivity index (χ3v) is 8.56. The molecule has 0 aromatic heterocycles. The number of carbonyl (C=O) groups is 6. The highest BCUT2D eigenvalue weighted by Gasteiger charge is 2.10. The molecule has 0 saturated carbocycles. The van der Waals surface area contributed by atoms with Gasteiger partial charge >= 0.3 is 35.8 Å². The van der Waals surface area contributed by atoms with Gasteiger partial charge in [0.1, 0.15) is 0 Å². The van der Waals surface area contributed by atoms with Crippen LogP contribution in [0.25, 0.3) is 0 Å². The third kappa shape index (κ3) is 47.3. The molecule has 2 N–H and O–H groups in total. The fraction of sp³-hybridized carbons (Fsp3) is 0.850. The number of carboxylic acid groups (broad SMARTS) is 2. The maximum Gasteiger partial charge on any atom is 0.313 e. The summed E-state index contributed by atoms with van der Waals surface area (Å²) in [6, 6.07) is 0. The van der Waals surface area contributed by atoms with Gasteiger partial charge < -0.3 is 19.7 Å². The molecule has 0 aliphatic carbocycles. The van der Waals surface area contributed by atoms with Crippen molar-refractivity contribution >= 4 is 35.8 Å². The minimum absolute atomic E-state index is 0.316. The summed E-state index contributed by atoms with van der Waals surface area (Å²) in [5.74, 6) is -3.15. The topological polar surface area (TPSA) is 161 Å². The van der Waals surface area contributed by atoms with Crippen LogP contribution in [0.1, 0.15) is 219 Å². The number of hydrogen-bond donors (Lipinski definition) is 2. The highest BCUT2D eigenvalue weighted by Crippen LogP contribution is 2.16. The molecule has 0 unspecified atom stereocenters. The fourth-order valence-electron chi connectivity index (χ4n) is 5.77. The lowest BCUT2D eigenvalue weighted by Crippen LogP contribution is -2.11. The molecule has 0 aromatic carbocycles. The van der Waals surface area contributed by atoms with Crippen molar-refractivity contribution in [3.05, 3.63) is 0 Å².